The Morgan fingerprint density at radius 2 is 1.79 bits per heavy atom. The summed E-state index contributed by atoms with van der Waals surface area (Å²) < 4.78 is 39.5. The van der Waals surface area contributed by atoms with Gasteiger partial charge in [-0.3, -0.25) is 19.9 Å². The summed E-state index contributed by atoms with van der Waals surface area (Å²) in [5.74, 6) is -3.37. The van der Waals surface area contributed by atoms with Crippen molar-refractivity contribution in [3.63, 3.8) is 0 Å². The zero-order valence-corrected chi connectivity index (χ0v) is 15.5. The number of urea groups is 1. The van der Waals surface area contributed by atoms with Gasteiger partial charge in [0, 0.05) is 10.7 Å². The van der Waals surface area contributed by atoms with Crippen molar-refractivity contribution in [2.24, 2.45) is 10.9 Å². The molecule has 1 saturated heterocycles. The second-order valence-corrected chi connectivity index (χ2v) is 6.67. The average Bonchev–Trinajstić information content (AvgIpc) is 2.61. The molecule has 28 heavy (non-hydrogen) atoms. The fraction of sp³-hybridized carbons (Fsp3) is 0.111. The number of alkyl halides is 3. The number of anilines is 1. The van der Waals surface area contributed by atoms with Gasteiger partial charge in [0.1, 0.15) is 0 Å². The number of hydrogen-bond acceptors (Lipinski definition) is 4. The quantitative estimate of drug-likeness (QED) is 0.561. The molecule has 0 bridgehead atoms. The minimum atomic E-state index is -4.65. The summed E-state index contributed by atoms with van der Waals surface area (Å²) in [6.07, 6.45) is -3.60. The summed E-state index contributed by atoms with van der Waals surface area (Å²) in [5.41, 5.74) is -0.884. The van der Waals surface area contributed by atoms with Gasteiger partial charge in [-0.2, -0.15) is 13.2 Å². The van der Waals surface area contributed by atoms with Crippen molar-refractivity contribution < 1.29 is 27.6 Å². The first-order valence-electron chi connectivity index (χ1n) is 7.82. The zero-order valence-electron chi connectivity index (χ0n) is 13.9. The third-order valence-electron chi connectivity index (χ3n) is 3.81. The Hall–Kier alpha value is -3.01. The summed E-state index contributed by atoms with van der Waals surface area (Å²) in [5, 5.41) is 1.96. The monoisotopic (exact) mass is 453 g/mol. The summed E-state index contributed by atoms with van der Waals surface area (Å²) >= 11 is 3.26. The summed E-state index contributed by atoms with van der Waals surface area (Å²) in [6, 6.07) is 9.30. The molecular weight excluding hydrogens is 443 g/mol. The Morgan fingerprint density at radius 3 is 2.46 bits per heavy atom. The van der Waals surface area contributed by atoms with Crippen molar-refractivity contribution in [3.05, 3.63) is 58.6 Å². The molecule has 3 rings (SSSR count). The van der Waals surface area contributed by atoms with Gasteiger partial charge >= 0.3 is 12.2 Å². The minimum Gasteiger partial charge on any atom is -0.276 e. The van der Waals surface area contributed by atoms with Crippen LogP contribution in [0.2, 0.25) is 0 Å². The highest BCUT2D eigenvalue weighted by Crippen LogP contribution is 2.32. The summed E-state index contributed by atoms with van der Waals surface area (Å²) in [7, 11) is 0. The highest BCUT2D eigenvalue weighted by atomic mass is 79.9. The molecular formula is C18H11BrF3N3O3. The highest BCUT2D eigenvalue weighted by molar-refractivity contribution is 9.10. The van der Waals surface area contributed by atoms with Gasteiger partial charge in [-0.1, -0.05) is 28.1 Å². The van der Waals surface area contributed by atoms with Crippen LogP contribution in [-0.4, -0.2) is 24.1 Å². The van der Waals surface area contributed by atoms with Crippen molar-refractivity contribution in [2.75, 3.05) is 4.90 Å². The van der Waals surface area contributed by atoms with Crippen LogP contribution in [0, 0.1) is 5.92 Å². The molecule has 1 heterocycles. The maximum Gasteiger partial charge on any atom is 0.416 e. The molecule has 0 radical (unpaired) electrons. The predicted molar refractivity (Wildman–Crippen MR) is 98.3 cm³/mol. The minimum absolute atomic E-state index is 0.300. The molecule has 0 spiro atoms. The van der Waals surface area contributed by atoms with Crippen LogP contribution < -0.4 is 10.2 Å². The summed E-state index contributed by atoms with van der Waals surface area (Å²) in [6.45, 7) is 0. The van der Waals surface area contributed by atoms with E-state index in [0.29, 0.717) is 16.7 Å². The van der Waals surface area contributed by atoms with Crippen LogP contribution in [0.3, 0.4) is 0 Å². The number of benzene rings is 2. The van der Waals surface area contributed by atoms with Crippen molar-refractivity contribution in [1.82, 2.24) is 5.32 Å². The van der Waals surface area contributed by atoms with Crippen molar-refractivity contribution >= 4 is 51.4 Å². The van der Waals surface area contributed by atoms with Gasteiger partial charge in [-0.05, 0) is 36.4 Å². The van der Waals surface area contributed by atoms with E-state index in [-0.39, 0.29) is 5.69 Å². The second kappa shape index (κ2) is 7.55. The van der Waals surface area contributed by atoms with E-state index < -0.39 is 35.5 Å². The molecule has 2 aromatic rings. The van der Waals surface area contributed by atoms with Gasteiger partial charge in [0.15, 0.2) is 5.92 Å². The molecule has 1 aliphatic heterocycles. The fourth-order valence-corrected chi connectivity index (χ4v) is 2.89. The fourth-order valence-electron chi connectivity index (χ4n) is 2.50. The molecule has 0 aliphatic carbocycles. The molecule has 6 nitrogen and oxygen atoms in total. The number of aliphatic imine (C=N–C) groups is 1. The molecule has 4 amide bonds. The number of nitrogens with zero attached hydrogens (tertiary/aromatic N) is 2. The molecule has 0 saturated carbocycles. The van der Waals surface area contributed by atoms with E-state index in [4.69, 9.17) is 0 Å². The Kier molecular flexibility index (Phi) is 5.32. The molecule has 1 aliphatic rings. The third kappa shape index (κ3) is 4.11. The maximum atomic E-state index is 12.9. The lowest BCUT2D eigenvalue weighted by atomic mass is 10.1. The molecule has 10 heteroatoms. The molecule has 0 aromatic heterocycles. The van der Waals surface area contributed by atoms with Crippen LogP contribution in [0.25, 0.3) is 0 Å². The number of hydrogen-bond donors (Lipinski definition) is 1. The first-order chi connectivity index (χ1) is 13.2. The zero-order chi connectivity index (χ0) is 20.5. The van der Waals surface area contributed by atoms with E-state index in [0.717, 1.165) is 22.8 Å². The van der Waals surface area contributed by atoms with E-state index in [1.807, 2.05) is 5.32 Å². The van der Waals surface area contributed by atoms with Crippen molar-refractivity contribution in [2.45, 2.75) is 6.18 Å². The van der Waals surface area contributed by atoms with Crippen LogP contribution in [0.15, 0.2) is 58.0 Å². The Labute approximate surface area is 165 Å². The number of imide groups is 2. The lowest BCUT2D eigenvalue weighted by Crippen LogP contribution is -2.58. The van der Waals surface area contributed by atoms with Gasteiger partial charge in [0.2, 0.25) is 5.91 Å². The SMILES string of the molecule is O=C1NC(=O)N(c2cccc(C(F)(F)F)c2)C(=O)[C@H]1C=Nc1cccc(Br)c1. The summed E-state index contributed by atoms with van der Waals surface area (Å²) in [4.78, 5) is 41.3. The Balaban J connectivity index is 1.92. The van der Waals surface area contributed by atoms with E-state index in [1.54, 1.807) is 24.3 Å². The topological polar surface area (TPSA) is 78.8 Å². The molecule has 1 N–H and O–H groups in total. The van der Waals surface area contributed by atoms with Gasteiger partial charge in [0.25, 0.3) is 5.91 Å². The van der Waals surface area contributed by atoms with E-state index >= 15 is 0 Å². The number of barbiturate groups is 1. The molecule has 1 fully saturated rings. The first-order valence-corrected chi connectivity index (χ1v) is 8.62. The standard InChI is InChI=1S/C18H11BrF3N3O3/c19-11-4-2-5-12(8-11)23-9-14-15(26)24-17(28)25(16(14)27)13-6-1-3-10(7-13)18(20,21)22/h1-9,14H,(H,24,26,28)/t14-/m0/s1. The smallest absolute Gasteiger partial charge is 0.276 e. The van der Waals surface area contributed by atoms with Crippen LogP contribution in [0.4, 0.5) is 29.3 Å². The number of halogens is 4. The van der Waals surface area contributed by atoms with Gasteiger partial charge in [0.05, 0.1) is 16.9 Å². The van der Waals surface area contributed by atoms with Gasteiger partial charge in [-0.25, -0.2) is 9.69 Å². The number of nitrogens with one attached hydrogen (secondary N) is 1. The Morgan fingerprint density at radius 1 is 1.07 bits per heavy atom. The largest absolute Gasteiger partial charge is 0.416 e. The van der Waals surface area contributed by atoms with Crippen LogP contribution in [0.1, 0.15) is 5.56 Å². The molecule has 1 atom stereocenters. The number of rotatable bonds is 3. The second-order valence-electron chi connectivity index (χ2n) is 5.75. The maximum absolute atomic E-state index is 12.9. The van der Waals surface area contributed by atoms with Crippen molar-refractivity contribution in [1.29, 1.82) is 0 Å². The average molecular weight is 454 g/mol. The number of carbonyl (C=O) groups excluding carboxylic acids is 3. The predicted octanol–water partition coefficient (Wildman–Crippen LogP) is 4.07. The lowest BCUT2D eigenvalue weighted by molar-refractivity contribution is -0.138. The van der Waals surface area contributed by atoms with Gasteiger partial charge in [-0.15, -0.1) is 0 Å². The van der Waals surface area contributed by atoms with Gasteiger partial charge < -0.3 is 0 Å². The van der Waals surface area contributed by atoms with Crippen LogP contribution in [0.5, 0.6) is 0 Å². The number of carbonyl (C=O) groups is 3. The van der Waals surface area contributed by atoms with Crippen molar-refractivity contribution in [3.8, 4) is 0 Å². The molecule has 144 valence electrons. The number of amides is 4. The molecule has 2 aromatic carbocycles. The van der Waals surface area contributed by atoms with E-state index in [9.17, 15) is 27.6 Å². The van der Waals surface area contributed by atoms with E-state index in [1.165, 1.54) is 6.07 Å². The molecule has 0 unspecified atom stereocenters. The van der Waals surface area contributed by atoms with E-state index in [2.05, 4.69) is 20.9 Å². The first kappa shape index (κ1) is 19.7. The lowest BCUT2D eigenvalue weighted by Gasteiger charge is -2.28. The third-order valence-corrected chi connectivity index (χ3v) is 4.31. The normalized spacial score (nSPS) is 17.9. The van der Waals surface area contributed by atoms with Crippen LogP contribution >= 0.6 is 15.9 Å². The van der Waals surface area contributed by atoms with Crippen LogP contribution in [-0.2, 0) is 15.8 Å². The Bertz CT molecular complexity index is 991. The highest BCUT2D eigenvalue weighted by Gasteiger charge is 2.41.